The van der Waals surface area contributed by atoms with Crippen molar-refractivity contribution in [3.63, 3.8) is 0 Å². The van der Waals surface area contributed by atoms with Crippen molar-refractivity contribution in [1.82, 2.24) is 10.5 Å². The minimum Gasteiger partial charge on any atom is -0.212 e. The molecule has 1 N–H and O–H groups in total. The van der Waals surface area contributed by atoms with Gasteiger partial charge in [0.25, 0.3) is 0 Å². The zero-order valence-corrected chi connectivity index (χ0v) is 4.36. The minimum absolute atomic E-state index is 1.57. The van der Waals surface area contributed by atoms with E-state index in [0.29, 0.717) is 0 Å². The van der Waals surface area contributed by atoms with Crippen molar-refractivity contribution in [2.45, 2.75) is 0 Å². The van der Waals surface area contributed by atoms with Crippen LogP contribution in [0, 0.1) is 0 Å². The first kappa shape index (κ1) is 5.88. The highest BCUT2D eigenvalue weighted by molar-refractivity contribution is 3.99. The lowest BCUT2D eigenvalue weighted by atomic mass is 11.2. The number of hydrogen-bond acceptors (Lipinski definition) is 3. The second kappa shape index (κ2) is 3.08. The van der Waals surface area contributed by atoms with Gasteiger partial charge in [0.2, 0.25) is 0 Å². The normalized spacial score (nSPS) is 10.0. The molecular formula is C3H10N2O. The van der Waals surface area contributed by atoms with Crippen molar-refractivity contribution in [2.24, 2.45) is 0 Å². The third kappa shape index (κ3) is 3.88. The van der Waals surface area contributed by atoms with E-state index in [2.05, 4.69) is 10.4 Å². The molecule has 3 heteroatoms. The molecule has 0 aliphatic carbocycles. The van der Waals surface area contributed by atoms with Gasteiger partial charge in [0.1, 0.15) is 0 Å². The van der Waals surface area contributed by atoms with Crippen LogP contribution in [0.1, 0.15) is 0 Å². The van der Waals surface area contributed by atoms with E-state index in [9.17, 15) is 0 Å². The first-order valence-electron chi connectivity index (χ1n) is 1.78. The summed E-state index contributed by atoms with van der Waals surface area (Å²) < 4.78 is 0. The van der Waals surface area contributed by atoms with E-state index < -0.39 is 0 Å². The molecule has 0 spiro atoms. The van der Waals surface area contributed by atoms with E-state index in [1.54, 1.807) is 26.2 Å². The van der Waals surface area contributed by atoms with Crippen LogP contribution in [0.15, 0.2) is 0 Å². The summed E-state index contributed by atoms with van der Waals surface area (Å²) >= 11 is 0. The van der Waals surface area contributed by atoms with E-state index in [0.717, 1.165) is 0 Å². The third-order valence-electron chi connectivity index (χ3n) is 0.274. The van der Waals surface area contributed by atoms with Gasteiger partial charge in [0, 0.05) is 21.1 Å². The van der Waals surface area contributed by atoms with Crippen LogP contribution in [-0.4, -0.2) is 26.2 Å². The smallest absolute Gasteiger partial charge is 0.0142 e. The lowest BCUT2D eigenvalue weighted by Gasteiger charge is -2.05. The molecule has 0 rings (SSSR count). The van der Waals surface area contributed by atoms with E-state index in [4.69, 9.17) is 0 Å². The summed E-state index contributed by atoms with van der Waals surface area (Å²) in [6.07, 6.45) is 0. The molecule has 0 aromatic heterocycles. The number of hydrogen-bond donors (Lipinski definition) is 1. The van der Waals surface area contributed by atoms with Crippen LogP contribution in [0.25, 0.3) is 0 Å². The standard InChI is InChI=1S/C3H10N2O/c1-4-6-5(2)3/h4H,1-3H3. The van der Waals surface area contributed by atoms with Gasteiger partial charge in [-0.2, -0.15) is 10.5 Å². The molecule has 0 aliphatic heterocycles. The highest BCUT2D eigenvalue weighted by Gasteiger charge is 1.77. The molecule has 0 unspecified atom stereocenters. The second-order valence-electron chi connectivity index (χ2n) is 1.11. The molecule has 0 aliphatic rings. The second-order valence-corrected chi connectivity index (χ2v) is 1.11. The van der Waals surface area contributed by atoms with E-state index in [-0.39, 0.29) is 0 Å². The van der Waals surface area contributed by atoms with Crippen molar-refractivity contribution in [3.05, 3.63) is 0 Å². The molecule has 6 heavy (non-hydrogen) atoms. The first-order valence-corrected chi connectivity index (χ1v) is 1.78. The van der Waals surface area contributed by atoms with Gasteiger partial charge >= 0.3 is 0 Å². The Balaban J connectivity index is 2.63. The lowest BCUT2D eigenvalue weighted by Crippen LogP contribution is -2.20. The van der Waals surface area contributed by atoms with E-state index in [1.165, 1.54) is 0 Å². The third-order valence-corrected chi connectivity index (χ3v) is 0.274. The average Bonchev–Trinajstić information content (AvgIpc) is 1.35. The first-order chi connectivity index (χ1) is 2.77. The molecular weight excluding hydrogens is 80.0 g/mol. The number of hydroxylamine groups is 3. The van der Waals surface area contributed by atoms with Crippen molar-refractivity contribution in [2.75, 3.05) is 21.1 Å². The molecule has 38 valence electrons. The van der Waals surface area contributed by atoms with Crippen LogP contribution in [0.4, 0.5) is 0 Å². The van der Waals surface area contributed by atoms with Crippen LogP contribution in [0.2, 0.25) is 0 Å². The molecule has 0 saturated heterocycles. The monoisotopic (exact) mass is 90.1 g/mol. The maximum Gasteiger partial charge on any atom is 0.0142 e. The largest absolute Gasteiger partial charge is 0.212 e. The molecule has 0 bridgehead atoms. The number of rotatable bonds is 2. The maximum atomic E-state index is 4.62. The fraction of sp³-hybridized carbons (Fsp3) is 1.00. The predicted molar refractivity (Wildman–Crippen MR) is 23.8 cm³/mol. The molecule has 0 amide bonds. The number of nitrogens with one attached hydrogen (secondary N) is 1. The molecule has 0 saturated carbocycles. The fourth-order valence-electron chi connectivity index (χ4n) is 0.183. The number of nitrogens with zero attached hydrogens (tertiary/aromatic N) is 1. The molecule has 0 aromatic carbocycles. The topological polar surface area (TPSA) is 24.5 Å². The summed E-state index contributed by atoms with van der Waals surface area (Å²) in [6, 6.07) is 0. The Morgan fingerprint density at radius 1 is 1.50 bits per heavy atom. The summed E-state index contributed by atoms with van der Waals surface area (Å²) in [4.78, 5) is 4.62. The van der Waals surface area contributed by atoms with Gasteiger partial charge in [0.15, 0.2) is 0 Å². The Morgan fingerprint density at radius 3 is 2.00 bits per heavy atom. The van der Waals surface area contributed by atoms with E-state index in [1.807, 2.05) is 0 Å². The average molecular weight is 90.1 g/mol. The van der Waals surface area contributed by atoms with Gasteiger partial charge in [-0.05, 0) is 0 Å². The summed E-state index contributed by atoms with van der Waals surface area (Å²) in [6.45, 7) is 0. The van der Waals surface area contributed by atoms with Gasteiger partial charge in [-0.15, -0.1) is 0 Å². The SMILES string of the molecule is CNON(C)C. The van der Waals surface area contributed by atoms with Gasteiger partial charge < -0.3 is 0 Å². The Bertz CT molecular complexity index is 30.0. The molecule has 0 heterocycles. The Hall–Kier alpha value is -0.120. The predicted octanol–water partition coefficient (Wildman–Crippen LogP) is -0.386. The fourth-order valence-corrected chi connectivity index (χ4v) is 0.183. The van der Waals surface area contributed by atoms with Crippen molar-refractivity contribution in [3.8, 4) is 0 Å². The zero-order chi connectivity index (χ0) is 4.99. The molecule has 0 fully saturated rings. The van der Waals surface area contributed by atoms with Crippen LogP contribution in [0.5, 0.6) is 0 Å². The van der Waals surface area contributed by atoms with Crippen LogP contribution in [-0.2, 0) is 4.94 Å². The van der Waals surface area contributed by atoms with Gasteiger partial charge in [-0.1, -0.05) is 0 Å². The molecule has 0 radical (unpaired) electrons. The van der Waals surface area contributed by atoms with Gasteiger partial charge in [0.05, 0.1) is 0 Å². The lowest BCUT2D eigenvalue weighted by molar-refractivity contribution is -0.169. The van der Waals surface area contributed by atoms with Gasteiger partial charge in [-0.25, -0.2) is 4.94 Å². The van der Waals surface area contributed by atoms with Crippen molar-refractivity contribution < 1.29 is 4.94 Å². The highest BCUT2D eigenvalue weighted by Crippen LogP contribution is 1.64. The molecule has 3 nitrogen and oxygen atoms in total. The van der Waals surface area contributed by atoms with Gasteiger partial charge in [-0.3, -0.25) is 0 Å². The van der Waals surface area contributed by atoms with E-state index >= 15 is 0 Å². The zero-order valence-electron chi connectivity index (χ0n) is 4.36. The van der Waals surface area contributed by atoms with Crippen molar-refractivity contribution >= 4 is 0 Å². The molecule has 0 atom stereocenters. The maximum absolute atomic E-state index is 4.62. The Morgan fingerprint density at radius 2 is 2.00 bits per heavy atom. The Kier molecular flexibility index (Phi) is 3.02. The summed E-state index contributed by atoms with van der Waals surface area (Å²) in [5, 5.41) is 1.57. The quantitative estimate of drug-likeness (QED) is 0.467. The van der Waals surface area contributed by atoms with Crippen LogP contribution >= 0.6 is 0 Å². The molecule has 0 aromatic rings. The van der Waals surface area contributed by atoms with Crippen LogP contribution in [0.3, 0.4) is 0 Å². The van der Waals surface area contributed by atoms with Crippen LogP contribution < -0.4 is 5.48 Å². The van der Waals surface area contributed by atoms with Crippen molar-refractivity contribution in [1.29, 1.82) is 0 Å². The minimum atomic E-state index is 1.57. The summed E-state index contributed by atoms with van der Waals surface area (Å²) in [7, 11) is 5.31. The summed E-state index contributed by atoms with van der Waals surface area (Å²) in [5.41, 5.74) is 2.49. The highest BCUT2D eigenvalue weighted by atomic mass is 16.8. The Labute approximate surface area is 37.8 Å². The summed E-state index contributed by atoms with van der Waals surface area (Å²) in [5.74, 6) is 0.